The average Bonchev–Trinajstić information content (AvgIpc) is 2.04. The van der Waals surface area contributed by atoms with Gasteiger partial charge in [0.15, 0.2) is 5.84 Å². The summed E-state index contributed by atoms with van der Waals surface area (Å²) in [5.74, 6) is 0.138. The first-order valence-corrected chi connectivity index (χ1v) is 3.72. The second kappa shape index (κ2) is 4.27. The molecule has 0 heterocycles. The summed E-state index contributed by atoms with van der Waals surface area (Å²) in [5.41, 5.74) is 4.95. The van der Waals surface area contributed by atoms with Crippen molar-refractivity contribution < 1.29 is 10.3 Å². The number of hydrogen-bond donors (Lipinski definition) is 3. The molecule has 5 nitrogen and oxygen atoms in total. The van der Waals surface area contributed by atoms with Gasteiger partial charge in [0.25, 0.3) is 0 Å². The van der Waals surface area contributed by atoms with Gasteiger partial charge >= 0.3 is 0 Å². The van der Waals surface area contributed by atoms with Gasteiger partial charge in [-0.25, -0.2) is 0 Å². The van der Waals surface area contributed by atoms with Crippen LogP contribution in [0, 0.1) is 0 Å². The molecule has 4 N–H and O–H groups in total. The maximum Gasteiger partial charge on any atom is 0.153 e. The van der Waals surface area contributed by atoms with Crippen LogP contribution in [0.15, 0.2) is 5.16 Å². The van der Waals surface area contributed by atoms with Gasteiger partial charge in [-0.15, -0.1) is 0 Å². The van der Waals surface area contributed by atoms with Crippen LogP contribution in [0.25, 0.3) is 0 Å². The van der Waals surface area contributed by atoms with Crippen molar-refractivity contribution in [1.82, 2.24) is 4.90 Å². The van der Waals surface area contributed by atoms with E-state index in [0.29, 0.717) is 6.54 Å². The average molecular weight is 175 g/mol. The zero-order valence-corrected chi connectivity index (χ0v) is 7.78. The fourth-order valence-electron chi connectivity index (χ4n) is 0.609. The summed E-state index contributed by atoms with van der Waals surface area (Å²) in [6.07, 6.45) is 0. The molecule has 0 radical (unpaired) electrons. The summed E-state index contributed by atoms with van der Waals surface area (Å²) in [7, 11) is 1.80. The highest BCUT2D eigenvalue weighted by Gasteiger charge is 2.22. The van der Waals surface area contributed by atoms with Crippen molar-refractivity contribution in [3.63, 3.8) is 0 Å². The molecule has 0 saturated heterocycles. The second-order valence-corrected chi connectivity index (χ2v) is 3.42. The molecule has 0 aromatic rings. The highest BCUT2D eigenvalue weighted by Crippen LogP contribution is 2.09. The van der Waals surface area contributed by atoms with Crippen molar-refractivity contribution in [1.29, 1.82) is 0 Å². The first kappa shape index (κ1) is 11.2. The molecule has 0 saturated carbocycles. The van der Waals surface area contributed by atoms with Crippen LogP contribution in [0.2, 0.25) is 0 Å². The van der Waals surface area contributed by atoms with Crippen LogP contribution in [0.4, 0.5) is 0 Å². The standard InChI is InChI=1S/C7H17N3O2/c1-7(2,5-11)10(3)4-6(8)9-12/h11-12H,4-5H2,1-3H3,(H2,8,9). The first-order valence-electron chi connectivity index (χ1n) is 3.72. The molecule has 0 fully saturated rings. The summed E-state index contributed by atoms with van der Waals surface area (Å²) in [4.78, 5) is 1.81. The Kier molecular flexibility index (Phi) is 3.99. The Balaban J connectivity index is 4.12. The number of amidine groups is 1. The lowest BCUT2D eigenvalue weighted by molar-refractivity contribution is 0.0909. The Labute approximate surface area is 72.5 Å². The molecule has 0 aliphatic carbocycles. The lowest BCUT2D eigenvalue weighted by Gasteiger charge is -2.33. The second-order valence-electron chi connectivity index (χ2n) is 3.42. The predicted octanol–water partition coefficient (Wildman–Crippen LogP) is -0.564. The van der Waals surface area contributed by atoms with Gasteiger partial charge in [0.05, 0.1) is 13.2 Å². The maximum atomic E-state index is 8.97. The Morgan fingerprint density at radius 3 is 2.42 bits per heavy atom. The third kappa shape index (κ3) is 3.06. The van der Waals surface area contributed by atoms with Gasteiger partial charge in [0.1, 0.15) is 0 Å². The Hall–Kier alpha value is -0.810. The van der Waals surface area contributed by atoms with E-state index in [4.69, 9.17) is 16.0 Å². The van der Waals surface area contributed by atoms with E-state index in [1.807, 2.05) is 18.7 Å². The van der Waals surface area contributed by atoms with E-state index in [1.54, 1.807) is 7.05 Å². The summed E-state index contributed by atoms with van der Waals surface area (Å²) in [6.45, 7) is 4.11. The highest BCUT2D eigenvalue weighted by atomic mass is 16.4. The third-order valence-corrected chi connectivity index (χ3v) is 1.95. The summed E-state index contributed by atoms with van der Waals surface area (Å²) in [5, 5.41) is 20.1. The highest BCUT2D eigenvalue weighted by molar-refractivity contribution is 5.81. The van der Waals surface area contributed by atoms with E-state index in [-0.39, 0.29) is 18.0 Å². The SMILES string of the molecule is CN(CC(N)=NO)C(C)(C)CO. The molecule has 0 rings (SSSR count). The van der Waals surface area contributed by atoms with Crippen LogP contribution >= 0.6 is 0 Å². The Bertz CT molecular complexity index is 168. The van der Waals surface area contributed by atoms with Crippen LogP contribution in [0.5, 0.6) is 0 Å². The van der Waals surface area contributed by atoms with E-state index < -0.39 is 0 Å². The molecule has 0 spiro atoms. The van der Waals surface area contributed by atoms with Gasteiger partial charge in [-0.05, 0) is 20.9 Å². The normalized spacial score (nSPS) is 13.9. The molecule has 0 aromatic heterocycles. The fraction of sp³-hybridized carbons (Fsp3) is 0.857. The number of nitrogens with two attached hydrogens (primary N) is 1. The predicted molar refractivity (Wildman–Crippen MR) is 47.2 cm³/mol. The van der Waals surface area contributed by atoms with Crippen molar-refractivity contribution in [3.05, 3.63) is 0 Å². The number of oxime groups is 1. The van der Waals surface area contributed by atoms with E-state index >= 15 is 0 Å². The smallest absolute Gasteiger partial charge is 0.153 e. The molecule has 72 valence electrons. The summed E-state index contributed by atoms with van der Waals surface area (Å²) < 4.78 is 0. The molecular formula is C7H17N3O2. The lowest BCUT2D eigenvalue weighted by Crippen LogP contribution is -2.47. The molecule has 5 heteroatoms. The van der Waals surface area contributed by atoms with Gasteiger partial charge in [-0.1, -0.05) is 5.16 Å². The third-order valence-electron chi connectivity index (χ3n) is 1.95. The van der Waals surface area contributed by atoms with Crippen molar-refractivity contribution in [2.75, 3.05) is 20.2 Å². The molecule has 0 atom stereocenters. The largest absolute Gasteiger partial charge is 0.409 e. The molecule has 0 bridgehead atoms. The minimum atomic E-state index is -0.352. The van der Waals surface area contributed by atoms with Gasteiger partial charge in [-0.2, -0.15) is 0 Å². The van der Waals surface area contributed by atoms with Gasteiger partial charge < -0.3 is 16.0 Å². The van der Waals surface area contributed by atoms with E-state index in [1.165, 1.54) is 0 Å². The Morgan fingerprint density at radius 1 is 1.58 bits per heavy atom. The molecule has 12 heavy (non-hydrogen) atoms. The van der Waals surface area contributed by atoms with Crippen LogP contribution in [0.3, 0.4) is 0 Å². The van der Waals surface area contributed by atoms with Crippen LogP contribution in [0.1, 0.15) is 13.8 Å². The number of hydrogen-bond acceptors (Lipinski definition) is 4. The first-order chi connectivity index (χ1) is 5.44. The number of rotatable bonds is 4. The van der Waals surface area contributed by atoms with Gasteiger partial charge in [-0.3, -0.25) is 4.90 Å². The molecule has 0 aliphatic heterocycles. The molecule has 0 aliphatic rings. The molecular weight excluding hydrogens is 158 g/mol. The number of aliphatic hydroxyl groups is 1. The topological polar surface area (TPSA) is 82.1 Å². The Morgan fingerprint density at radius 2 is 2.08 bits per heavy atom. The van der Waals surface area contributed by atoms with Gasteiger partial charge in [0, 0.05) is 5.54 Å². The molecule has 0 unspecified atom stereocenters. The minimum absolute atomic E-state index is 0.0300. The van der Waals surface area contributed by atoms with Crippen LogP contribution < -0.4 is 5.73 Å². The monoisotopic (exact) mass is 175 g/mol. The lowest BCUT2D eigenvalue weighted by atomic mass is 10.1. The number of likely N-dealkylation sites (N-methyl/N-ethyl adjacent to an activating group) is 1. The fourth-order valence-corrected chi connectivity index (χ4v) is 0.609. The number of nitrogens with zero attached hydrogens (tertiary/aromatic N) is 2. The summed E-state index contributed by atoms with van der Waals surface area (Å²) >= 11 is 0. The van der Waals surface area contributed by atoms with Crippen molar-refractivity contribution in [3.8, 4) is 0 Å². The van der Waals surface area contributed by atoms with Crippen LogP contribution in [-0.4, -0.2) is 46.8 Å². The van der Waals surface area contributed by atoms with Crippen molar-refractivity contribution >= 4 is 5.84 Å². The number of aliphatic hydroxyl groups excluding tert-OH is 1. The minimum Gasteiger partial charge on any atom is -0.409 e. The maximum absolute atomic E-state index is 8.97. The van der Waals surface area contributed by atoms with E-state index in [2.05, 4.69) is 5.16 Å². The van der Waals surface area contributed by atoms with Gasteiger partial charge in [0.2, 0.25) is 0 Å². The molecule has 0 amide bonds. The van der Waals surface area contributed by atoms with E-state index in [9.17, 15) is 0 Å². The zero-order chi connectivity index (χ0) is 9.78. The van der Waals surface area contributed by atoms with Crippen molar-refractivity contribution in [2.45, 2.75) is 19.4 Å². The quantitative estimate of drug-likeness (QED) is 0.231. The zero-order valence-electron chi connectivity index (χ0n) is 7.78. The van der Waals surface area contributed by atoms with Crippen molar-refractivity contribution in [2.24, 2.45) is 10.9 Å². The molecule has 0 aromatic carbocycles. The summed E-state index contributed by atoms with van der Waals surface area (Å²) in [6, 6.07) is 0. The van der Waals surface area contributed by atoms with E-state index in [0.717, 1.165) is 0 Å². The van der Waals surface area contributed by atoms with Crippen LogP contribution in [-0.2, 0) is 0 Å².